The molecule has 0 radical (unpaired) electrons. The van der Waals surface area contributed by atoms with Crippen molar-refractivity contribution in [3.63, 3.8) is 0 Å². The smallest absolute Gasteiger partial charge is 0.244 e. The van der Waals surface area contributed by atoms with Crippen LogP contribution in [0.3, 0.4) is 0 Å². The molecular formula is C31H36FN3O6S. The molecule has 3 aromatic rings. The lowest BCUT2D eigenvalue weighted by atomic mass is 10.0. The van der Waals surface area contributed by atoms with Crippen molar-refractivity contribution in [1.82, 2.24) is 10.2 Å². The van der Waals surface area contributed by atoms with E-state index in [9.17, 15) is 22.4 Å². The summed E-state index contributed by atoms with van der Waals surface area (Å²) in [5.74, 6) is -0.800. The molecule has 0 spiro atoms. The van der Waals surface area contributed by atoms with Gasteiger partial charge in [0.25, 0.3) is 0 Å². The van der Waals surface area contributed by atoms with Gasteiger partial charge in [-0.2, -0.15) is 0 Å². The first-order valence-electron chi connectivity index (χ1n) is 13.9. The molecule has 0 saturated heterocycles. The standard InChI is InChI=1S/C31H36FN3O6S/c1-4-22(3)33-31(37)27(17-23-9-7-6-8-10-23)34(19-24-11-13-25(32)14-12-24)30(36)20-35(42(38,39)5-2)26-15-16-28-29(18-26)41-21-40-28/h6-16,18,22,27H,4-5,17,19-21H2,1-3H3,(H,33,37)/t22-,27-/m1/s1. The number of carbonyl (C=O) groups is 2. The van der Waals surface area contributed by atoms with Crippen molar-refractivity contribution in [3.05, 3.63) is 89.7 Å². The zero-order valence-corrected chi connectivity index (χ0v) is 24.8. The molecule has 2 atom stereocenters. The Morgan fingerprint density at radius 3 is 2.31 bits per heavy atom. The Morgan fingerprint density at radius 1 is 0.952 bits per heavy atom. The van der Waals surface area contributed by atoms with E-state index in [1.807, 2.05) is 44.2 Å². The summed E-state index contributed by atoms with van der Waals surface area (Å²) in [6, 6.07) is 18.5. The topological polar surface area (TPSA) is 105 Å². The number of nitrogens with one attached hydrogen (secondary N) is 1. The number of hydrogen-bond acceptors (Lipinski definition) is 6. The normalized spacial score (nSPS) is 13.7. The molecule has 0 fully saturated rings. The lowest BCUT2D eigenvalue weighted by Gasteiger charge is -2.34. The third-order valence-electron chi connectivity index (χ3n) is 7.16. The number of benzene rings is 3. The maximum Gasteiger partial charge on any atom is 0.244 e. The third-order valence-corrected chi connectivity index (χ3v) is 8.90. The van der Waals surface area contributed by atoms with Crippen LogP contribution in [0.25, 0.3) is 0 Å². The SMILES string of the molecule is CC[C@@H](C)NC(=O)[C@@H](Cc1ccccc1)N(Cc1ccc(F)cc1)C(=O)CN(c1ccc2c(c1)OCO2)S(=O)(=O)CC. The summed E-state index contributed by atoms with van der Waals surface area (Å²) in [6.07, 6.45) is 0.878. The zero-order chi connectivity index (χ0) is 30.3. The second-order valence-corrected chi connectivity index (χ2v) is 12.3. The summed E-state index contributed by atoms with van der Waals surface area (Å²) in [4.78, 5) is 29.3. The van der Waals surface area contributed by atoms with Crippen molar-refractivity contribution in [2.24, 2.45) is 0 Å². The van der Waals surface area contributed by atoms with E-state index in [4.69, 9.17) is 9.47 Å². The number of carbonyl (C=O) groups excluding carboxylic acids is 2. The third kappa shape index (κ3) is 7.58. The maximum atomic E-state index is 14.2. The van der Waals surface area contributed by atoms with E-state index in [1.54, 1.807) is 24.3 Å². The van der Waals surface area contributed by atoms with Gasteiger partial charge in [-0.15, -0.1) is 0 Å². The first-order chi connectivity index (χ1) is 20.1. The number of anilines is 1. The van der Waals surface area contributed by atoms with Gasteiger partial charge in [-0.3, -0.25) is 13.9 Å². The summed E-state index contributed by atoms with van der Waals surface area (Å²) >= 11 is 0. The Labute approximate surface area is 246 Å². The van der Waals surface area contributed by atoms with Crippen molar-refractivity contribution in [3.8, 4) is 11.5 Å². The maximum absolute atomic E-state index is 14.2. The predicted octanol–water partition coefficient (Wildman–Crippen LogP) is 4.27. The molecule has 0 aliphatic carbocycles. The fraction of sp³-hybridized carbons (Fsp3) is 0.355. The minimum absolute atomic E-state index is 0.0101. The van der Waals surface area contributed by atoms with Crippen molar-refractivity contribution >= 4 is 27.5 Å². The molecule has 1 heterocycles. The van der Waals surface area contributed by atoms with Crippen molar-refractivity contribution in [2.75, 3.05) is 23.4 Å². The summed E-state index contributed by atoms with van der Waals surface area (Å²) in [5, 5.41) is 2.98. The van der Waals surface area contributed by atoms with E-state index in [0.29, 0.717) is 23.5 Å². The lowest BCUT2D eigenvalue weighted by molar-refractivity contribution is -0.140. The fourth-order valence-electron chi connectivity index (χ4n) is 4.54. The van der Waals surface area contributed by atoms with E-state index in [1.165, 1.54) is 30.0 Å². The van der Waals surface area contributed by atoms with E-state index in [-0.39, 0.29) is 43.1 Å². The summed E-state index contributed by atoms with van der Waals surface area (Å²) in [6.45, 7) is 4.73. The van der Waals surface area contributed by atoms with Gasteiger partial charge in [-0.25, -0.2) is 12.8 Å². The van der Waals surface area contributed by atoms with Crippen molar-refractivity contribution < 1.29 is 31.9 Å². The monoisotopic (exact) mass is 597 g/mol. The highest BCUT2D eigenvalue weighted by Gasteiger charge is 2.34. The van der Waals surface area contributed by atoms with Gasteiger partial charge >= 0.3 is 0 Å². The Balaban J connectivity index is 1.74. The summed E-state index contributed by atoms with van der Waals surface area (Å²) in [5.41, 5.74) is 1.65. The quantitative estimate of drug-likeness (QED) is 0.316. The lowest BCUT2D eigenvalue weighted by Crippen LogP contribution is -2.54. The Morgan fingerprint density at radius 2 is 1.64 bits per heavy atom. The predicted molar refractivity (Wildman–Crippen MR) is 158 cm³/mol. The molecule has 4 rings (SSSR count). The number of amides is 2. The van der Waals surface area contributed by atoms with E-state index < -0.39 is 34.3 Å². The van der Waals surface area contributed by atoms with Gasteiger partial charge in [0.15, 0.2) is 11.5 Å². The molecule has 0 bridgehead atoms. The number of fused-ring (bicyclic) bond motifs is 1. The van der Waals surface area contributed by atoms with Crippen LogP contribution in [0.2, 0.25) is 0 Å². The van der Waals surface area contributed by atoms with E-state index in [2.05, 4.69) is 5.32 Å². The van der Waals surface area contributed by atoms with Gasteiger partial charge in [-0.1, -0.05) is 49.4 Å². The van der Waals surface area contributed by atoms with Gasteiger partial charge in [0.05, 0.1) is 11.4 Å². The molecule has 42 heavy (non-hydrogen) atoms. The van der Waals surface area contributed by atoms with E-state index in [0.717, 1.165) is 9.87 Å². The fourth-order valence-corrected chi connectivity index (χ4v) is 5.60. The van der Waals surface area contributed by atoms with Crippen LogP contribution in [0.1, 0.15) is 38.3 Å². The highest BCUT2D eigenvalue weighted by atomic mass is 32.2. The first-order valence-corrected chi connectivity index (χ1v) is 15.5. The molecule has 0 unspecified atom stereocenters. The summed E-state index contributed by atoms with van der Waals surface area (Å²) < 4.78 is 52.1. The van der Waals surface area contributed by atoms with Crippen LogP contribution in [0.15, 0.2) is 72.8 Å². The molecule has 224 valence electrons. The Hall–Kier alpha value is -4.12. The molecule has 2 amide bonds. The van der Waals surface area contributed by atoms with Crippen molar-refractivity contribution in [1.29, 1.82) is 0 Å². The van der Waals surface area contributed by atoms with Gasteiger partial charge < -0.3 is 19.7 Å². The van der Waals surface area contributed by atoms with Crippen LogP contribution in [-0.2, 0) is 32.6 Å². The van der Waals surface area contributed by atoms with Gasteiger partial charge in [0.2, 0.25) is 28.6 Å². The second-order valence-electron chi connectivity index (χ2n) is 10.1. The molecule has 0 saturated carbocycles. The number of sulfonamides is 1. The van der Waals surface area contributed by atoms with Crippen LogP contribution in [-0.4, -0.2) is 56.3 Å². The second kappa shape index (κ2) is 13.7. The molecule has 1 aliphatic heterocycles. The van der Waals surface area contributed by atoms with Crippen molar-refractivity contribution in [2.45, 2.75) is 52.2 Å². The van der Waals surface area contributed by atoms with Crippen LogP contribution >= 0.6 is 0 Å². The Bertz CT molecular complexity index is 1480. The number of ether oxygens (including phenoxy) is 2. The minimum atomic E-state index is -3.93. The van der Waals surface area contributed by atoms with Gasteiger partial charge in [0, 0.05) is 25.1 Å². The first kappa shape index (κ1) is 30.8. The highest BCUT2D eigenvalue weighted by molar-refractivity contribution is 7.92. The van der Waals surface area contributed by atoms with Gasteiger partial charge in [-0.05, 0) is 55.7 Å². The molecule has 9 nitrogen and oxygen atoms in total. The van der Waals surface area contributed by atoms with E-state index >= 15 is 0 Å². The number of rotatable bonds is 13. The number of nitrogens with zero attached hydrogens (tertiary/aromatic N) is 2. The Kier molecular flexibility index (Phi) is 10.1. The summed E-state index contributed by atoms with van der Waals surface area (Å²) in [7, 11) is -3.93. The molecule has 1 aliphatic rings. The molecule has 11 heteroatoms. The van der Waals surface area contributed by atoms with Crippen LogP contribution < -0.4 is 19.1 Å². The highest BCUT2D eigenvalue weighted by Crippen LogP contribution is 2.36. The molecule has 1 N–H and O–H groups in total. The average molecular weight is 598 g/mol. The molecular weight excluding hydrogens is 561 g/mol. The van der Waals surface area contributed by atoms with Crippen LogP contribution in [0, 0.1) is 5.82 Å². The number of halogens is 1. The minimum Gasteiger partial charge on any atom is -0.454 e. The molecule has 3 aromatic carbocycles. The molecule has 0 aromatic heterocycles. The van der Waals surface area contributed by atoms with Gasteiger partial charge in [0.1, 0.15) is 18.4 Å². The van der Waals surface area contributed by atoms with Crippen LogP contribution in [0.5, 0.6) is 11.5 Å². The van der Waals surface area contributed by atoms with Crippen LogP contribution in [0.4, 0.5) is 10.1 Å². The number of hydrogen-bond donors (Lipinski definition) is 1. The largest absolute Gasteiger partial charge is 0.454 e. The zero-order valence-electron chi connectivity index (χ0n) is 24.0. The average Bonchev–Trinajstić information content (AvgIpc) is 3.47.